The minimum atomic E-state index is -0.0914. The van der Waals surface area contributed by atoms with E-state index in [-0.39, 0.29) is 5.91 Å². The van der Waals surface area contributed by atoms with Gasteiger partial charge in [0.2, 0.25) is 0 Å². The van der Waals surface area contributed by atoms with Crippen molar-refractivity contribution in [2.45, 2.75) is 13.3 Å². The highest BCUT2D eigenvalue weighted by Gasteiger charge is 2.03. The van der Waals surface area contributed by atoms with Crippen molar-refractivity contribution in [2.75, 3.05) is 6.54 Å². The molecule has 0 aliphatic carbocycles. The first-order chi connectivity index (χ1) is 7.09. The summed E-state index contributed by atoms with van der Waals surface area (Å²) in [4.78, 5) is 12.0. The third-order valence-corrected chi connectivity index (χ3v) is 2.17. The number of nitrogens with one attached hydrogen (secondary N) is 1. The van der Waals surface area contributed by atoms with E-state index in [0.29, 0.717) is 23.5 Å². The van der Waals surface area contributed by atoms with Crippen molar-refractivity contribution >= 4 is 23.1 Å². The van der Waals surface area contributed by atoms with E-state index in [0.717, 1.165) is 5.56 Å². The molecule has 15 heavy (non-hydrogen) atoms. The molecule has 1 rings (SSSR count). The molecular weight excluding hydrogens is 208 g/mol. The highest BCUT2D eigenvalue weighted by molar-refractivity contribution is 7.80. The topological polar surface area (TPSA) is 55.1 Å². The zero-order valence-corrected chi connectivity index (χ0v) is 9.43. The molecule has 3 nitrogen and oxygen atoms in total. The summed E-state index contributed by atoms with van der Waals surface area (Å²) in [6, 6.07) is 7.40. The standard InChI is InChI=1S/C11H14N2OS/c1-8-2-4-9(5-3-8)11(14)13-7-6-10(12)15/h2-5H,6-7H2,1H3,(H2,12,15)(H,13,14). The molecule has 0 spiro atoms. The van der Waals surface area contributed by atoms with Gasteiger partial charge in [-0.1, -0.05) is 29.9 Å². The Bertz CT molecular complexity index is 359. The van der Waals surface area contributed by atoms with Crippen LogP contribution in [0.15, 0.2) is 24.3 Å². The molecule has 0 saturated heterocycles. The van der Waals surface area contributed by atoms with E-state index < -0.39 is 0 Å². The van der Waals surface area contributed by atoms with Crippen LogP contribution in [0.5, 0.6) is 0 Å². The number of carbonyl (C=O) groups excluding carboxylic acids is 1. The smallest absolute Gasteiger partial charge is 0.251 e. The second-order valence-corrected chi connectivity index (χ2v) is 3.86. The molecule has 1 aromatic rings. The molecule has 0 fully saturated rings. The number of rotatable bonds is 4. The Balaban J connectivity index is 2.47. The second kappa shape index (κ2) is 5.46. The average Bonchev–Trinajstić information content (AvgIpc) is 2.18. The fourth-order valence-electron chi connectivity index (χ4n) is 1.11. The summed E-state index contributed by atoms with van der Waals surface area (Å²) in [7, 11) is 0. The Kier molecular flexibility index (Phi) is 4.24. The molecular formula is C11H14N2OS. The van der Waals surface area contributed by atoms with Crippen molar-refractivity contribution in [3.63, 3.8) is 0 Å². The zero-order chi connectivity index (χ0) is 11.3. The summed E-state index contributed by atoms with van der Waals surface area (Å²) in [5.74, 6) is -0.0914. The van der Waals surface area contributed by atoms with Crippen LogP contribution >= 0.6 is 12.2 Å². The van der Waals surface area contributed by atoms with Crippen LogP contribution in [0.3, 0.4) is 0 Å². The molecule has 0 bridgehead atoms. The normalized spacial score (nSPS) is 9.67. The molecule has 0 radical (unpaired) electrons. The number of nitrogens with two attached hydrogens (primary N) is 1. The minimum absolute atomic E-state index is 0.0914. The number of hydrogen-bond acceptors (Lipinski definition) is 2. The van der Waals surface area contributed by atoms with Gasteiger partial charge in [0.25, 0.3) is 5.91 Å². The van der Waals surface area contributed by atoms with E-state index in [4.69, 9.17) is 18.0 Å². The Morgan fingerprint density at radius 3 is 2.53 bits per heavy atom. The Morgan fingerprint density at radius 2 is 2.00 bits per heavy atom. The predicted molar refractivity (Wildman–Crippen MR) is 64.9 cm³/mol. The first kappa shape index (κ1) is 11.7. The highest BCUT2D eigenvalue weighted by atomic mass is 32.1. The van der Waals surface area contributed by atoms with Crippen LogP contribution in [0.4, 0.5) is 0 Å². The first-order valence-corrected chi connectivity index (χ1v) is 5.13. The fraction of sp³-hybridized carbons (Fsp3) is 0.273. The van der Waals surface area contributed by atoms with Crippen molar-refractivity contribution in [2.24, 2.45) is 5.73 Å². The number of hydrogen-bond donors (Lipinski definition) is 2. The van der Waals surface area contributed by atoms with E-state index in [2.05, 4.69) is 5.32 Å². The van der Waals surface area contributed by atoms with Gasteiger partial charge in [-0.05, 0) is 19.1 Å². The van der Waals surface area contributed by atoms with Crippen molar-refractivity contribution in [3.8, 4) is 0 Å². The van der Waals surface area contributed by atoms with Gasteiger partial charge in [-0.15, -0.1) is 0 Å². The molecule has 0 aliphatic rings. The van der Waals surface area contributed by atoms with Crippen molar-refractivity contribution in [3.05, 3.63) is 35.4 Å². The van der Waals surface area contributed by atoms with Gasteiger partial charge in [-0.3, -0.25) is 4.79 Å². The Hall–Kier alpha value is -1.42. The summed E-state index contributed by atoms with van der Waals surface area (Å²) >= 11 is 4.71. The Labute approximate surface area is 94.7 Å². The summed E-state index contributed by atoms with van der Waals surface area (Å²) < 4.78 is 0. The molecule has 4 heteroatoms. The lowest BCUT2D eigenvalue weighted by atomic mass is 10.1. The number of aryl methyl sites for hydroxylation is 1. The highest BCUT2D eigenvalue weighted by Crippen LogP contribution is 2.02. The summed E-state index contributed by atoms with van der Waals surface area (Å²) in [5.41, 5.74) is 7.11. The lowest BCUT2D eigenvalue weighted by Crippen LogP contribution is -2.27. The van der Waals surface area contributed by atoms with Crippen LogP contribution < -0.4 is 11.1 Å². The quantitative estimate of drug-likeness (QED) is 0.757. The van der Waals surface area contributed by atoms with Crippen molar-refractivity contribution in [1.29, 1.82) is 0 Å². The molecule has 0 aromatic heterocycles. The van der Waals surface area contributed by atoms with E-state index >= 15 is 0 Å². The maximum absolute atomic E-state index is 11.5. The fourth-order valence-corrected chi connectivity index (χ4v) is 1.21. The molecule has 1 aromatic carbocycles. The molecule has 0 atom stereocenters. The van der Waals surface area contributed by atoms with E-state index in [1.54, 1.807) is 12.1 Å². The lowest BCUT2D eigenvalue weighted by Gasteiger charge is -2.04. The van der Waals surface area contributed by atoms with Crippen molar-refractivity contribution < 1.29 is 4.79 Å². The maximum Gasteiger partial charge on any atom is 0.251 e. The second-order valence-electron chi connectivity index (χ2n) is 3.34. The van der Waals surface area contributed by atoms with Gasteiger partial charge in [-0.25, -0.2) is 0 Å². The molecule has 3 N–H and O–H groups in total. The predicted octanol–water partition coefficient (Wildman–Crippen LogP) is 1.40. The van der Waals surface area contributed by atoms with Gasteiger partial charge < -0.3 is 11.1 Å². The van der Waals surface area contributed by atoms with Crippen LogP contribution in [0.2, 0.25) is 0 Å². The number of carbonyl (C=O) groups is 1. The van der Waals surface area contributed by atoms with Gasteiger partial charge >= 0.3 is 0 Å². The summed E-state index contributed by atoms with van der Waals surface area (Å²) in [6.07, 6.45) is 0.535. The zero-order valence-electron chi connectivity index (χ0n) is 8.62. The number of thiocarbonyl (C=S) groups is 1. The molecule has 80 valence electrons. The van der Waals surface area contributed by atoms with E-state index in [1.807, 2.05) is 19.1 Å². The van der Waals surface area contributed by atoms with Crippen LogP contribution in [-0.2, 0) is 0 Å². The number of amides is 1. The van der Waals surface area contributed by atoms with Crippen LogP contribution in [0.1, 0.15) is 22.3 Å². The third-order valence-electron chi connectivity index (χ3n) is 1.97. The monoisotopic (exact) mass is 222 g/mol. The van der Waals surface area contributed by atoms with E-state index in [9.17, 15) is 4.79 Å². The largest absolute Gasteiger partial charge is 0.393 e. The third kappa shape index (κ3) is 4.08. The first-order valence-electron chi connectivity index (χ1n) is 4.73. The van der Waals surface area contributed by atoms with Crippen molar-refractivity contribution in [1.82, 2.24) is 5.32 Å². The average molecular weight is 222 g/mol. The SMILES string of the molecule is Cc1ccc(C(=O)NCCC(N)=S)cc1. The number of benzene rings is 1. The molecule has 1 amide bonds. The van der Waals surface area contributed by atoms with Gasteiger partial charge in [0.15, 0.2) is 0 Å². The Morgan fingerprint density at radius 1 is 1.40 bits per heavy atom. The minimum Gasteiger partial charge on any atom is -0.393 e. The van der Waals surface area contributed by atoms with Gasteiger partial charge in [-0.2, -0.15) is 0 Å². The van der Waals surface area contributed by atoms with Crippen LogP contribution in [0.25, 0.3) is 0 Å². The molecule has 0 aliphatic heterocycles. The molecule has 0 unspecified atom stereocenters. The van der Waals surface area contributed by atoms with E-state index in [1.165, 1.54) is 0 Å². The maximum atomic E-state index is 11.5. The molecule has 0 heterocycles. The van der Waals surface area contributed by atoms with Gasteiger partial charge in [0.05, 0.1) is 4.99 Å². The van der Waals surface area contributed by atoms with Crippen LogP contribution in [-0.4, -0.2) is 17.4 Å². The van der Waals surface area contributed by atoms with Gasteiger partial charge in [0, 0.05) is 18.5 Å². The van der Waals surface area contributed by atoms with Gasteiger partial charge in [0.1, 0.15) is 0 Å². The van der Waals surface area contributed by atoms with Crippen LogP contribution in [0, 0.1) is 6.92 Å². The summed E-state index contributed by atoms with van der Waals surface area (Å²) in [5, 5.41) is 2.74. The molecule has 0 saturated carbocycles. The lowest BCUT2D eigenvalue weighted by molar-refractivity contribution is 0.0955. The summed E-state index contributed by atoms with van der Waals surface area (Å²) in [6.45, 7) is 2.47.